The highest BCUT2D eigenvalue weighted by molar-refractivity contribution is 5.76. The van der Waals surface area contributed by atoms with Crippen molar-refractivity contribution in [3.8, 4) is 12.8 Å². The molecule has 1 saturated heterocycles. The maximum Gasteiger partial charge on any atom is 0.220 e. The first kappa shape index (κ1) is 36.2. The summed E-state index contributed by atoms with van der Waals surface area (Å²) in [7, 11) is 0. The molecule has 1 aromatic carbocycles. The predicted molar refractivity (Wildman–Crippen MR) is 161 cm³/mol. The molecule has 6 nitrogen and oxygen atoms in total. The van der Waals surface area contributed by atoms with Crippen LogP contribution in [-0.4, -0.2) is 55.2 Å². The van der Waals surface area contributed by atoms with Crippen LogP contribution in [0, 0.1) is 24.5 Å². The Hall–Kier alpha value is -2.83. The van der Waals surface area contributed by atoms with Gasteiger partial charge in [-0.3, -0.25) is 4.79 Å². The first-order chi connectivity index (χ1) is 19.7. The summed E-state index contributed by atoms with van der Waals surface area (Å²) in [4.78, 5) is 12.9. The van der Waals surface area contributed by atoms with Crippen molar-refractivity contribution in [3.63, 3.8) is 0 Å². The van der Waals surface area contributed by atoms with Gasteiger partial charge in [0, 0.05) is 38.4 Å². The summed E-state index contributed by atoms with van der Waals surface area (Å²) in [6.45, 7) is 11.7. The van der Waals surface area contributed by atoms with Crippen molar-refractivity contribution < 1.29 is 28.2 Å². The fourth-order valence-corrected chi connectivity index (χ4v) is 4.71. The van der Waals surface area contributed by atoms with Crippen molar-refractivity contribution in [1.29, 1.82) is 0 Å². The molecule has 2 atom stereocenters. The molecule has 228 valence electrons. The van der Waals surface area contributed by atoms with E-state index in [4.69, 9.17) is 9.47 Å². The van der Waals surface area contributed by atoms with Crippen molar-refractivity contribution in [2.24, 2.45) is 0 Å². The molecule has 41 heavy (non-hydrogen) atoms. The minimum atomic E-state index is -0.982. The second-order valence-electron chi connectivity index (χ2n) is 10.1. The van der Waals surface area contributed by atoms with Gasteiger partial charge in [0.25, 0.3) is 0 Å². The molecular formula is C33H48F2N2O4. The number of carbonyl (C=O) groups is 1. The molecule has 3 N–H and O–H groups in total. The van der Waals surface area contributed by atoms with Gasteiger partial charge >= 0.3 is 0 Å². The monoisotopic (exact) mass is 574 g/mol. The lowest BCUT2D eigenvalue weighted by Gasteiger charge is -2.28. The lowest BCUT2D eigenvalue weighted by molar-refractivity contribution is -0.168. The standard InChI is InChI=1S/C31H46F2N2O4.C2H2/c1-5-9-12-31(38-14-15-39-31)13-10-11-30(37)35-28(19-25-17-26(32)20-27(33)18-25)29(36)22-34-21-24(8-4)16-23(6-2)7-3;1-2/h6,8,16-18,20,28-29,34,36H,2,5,7,9-15,19,21-22H2,1,3-4H3,(H,35,37);1-2H/b23-16+,24-8+;. The summed E-state index contributed by atoms with van der Waals surface area (Å²) in [5, 5.41) is 17.1. The van der Waals surface area contributed by atoms with Gasteiger partial charge in [-0.05, 0) is 61.4 Å². The van der Waals surface area contributed by atoms with Crippen LogP contribution in [0.3, 0.4) is 0 Å². The van der Waals surface area contributed by atoms with E-state index in [2.05, 4.69) is 43.9 Å². The van der Waals surface area contributed by atoms with E-state index in [1.165, 1.54) is 12.1 Å². The van der Waals surface area contributed by atoms with Crippen LogP contribution < -0.4 is 10.6 Å². The zero-order chi connectivity index (χ0) is 30.7. The Balaban J connectivity index is 0.00000411. The number of aliphatic hydroxyl groups is 1. The van der Waals surface area contributed by atoms with E-state index < -0.39 is 29.6 Å². The Kier molecular flexibility index (Phi) is 17.8. The summed E-state index contributed by atoms with van der Waals surface area (Å²) in [6.07, 6.45) is 18.0. The number of ether oxygens (including phenoxy) is 2. The topological polar surface area (TPSA) is 79.8 Å². The van der Waals surface area contributed by atoms with Gasteiger partial charge in [-0.25, -0.2) is 8.78 Å². The first-order valence-electron chi connectivity index (χ1n) is 14.5. The minimum Gasteiger partial charge on any atom is -0.390 e. The van der Waals surface area contributed by atoms with E-state index >= 15 is 0 Å². The van der Waals surface area contributed by atoms with E-state index in [1.807, 2.05) is 25.2 Å². The SMILES string of the molecule is C#C.C=C/C(=C\C(=C/C)CNCC(O)C(Cc1cc(F)cc(F)c1)NC(=O)CCCC1(CCCC)OCCO1)CC. The lowest BCUT2D eigenvalue weighted by Crippen LogP contribution is -2.49. The smallest absolute Gasteiger partial charge is 0.220 e. The van der Waals surface area contributed by atoms with Crippen molar-refractivity contribution >= 4 is 5.91 Å². The lowest BCUT2D eigenvalue weighted by atomic mass is 9.99. The first-order valence-corrected chi connectivity index (χ1v) is 14.5. The quantitative estimate of drug-likeness (QED) is 0.153. The van der Waals surface area contributed by atoms with Crippen LogP contribution in [-0.2, 0) is 20.7 Å². The third-order valence-electron chi connectivity index (χ3n) is 6.97. The number of amides is 1. The number of terminal acetylenes is 1. The number of nitrogens with one attached hydrogen (secondary N) is 2. The number of hydrogen-bond acceptors (Lipinski definition) is 5. The minimum absolute atomic E-state index is 0.0861. The predicted octanol–water partition coefficient (Wildman–Crippen LogP) is 5.76. The molecule has 1 aliphatic rings. The molecule has 0 radical (unpaired) electrons. The summed E-state index contributed by atoms with van der Waals surface area (Å²) in [6, 6.07) is 2.51. The normalized spacial score (nSPS) is 16.4. The molecule has 0 bridgehead atoms. The Morgan fingerprint density at radius 3 is 2.32 bits per heavy atom. The number of benzene rings is 1. The van der Waals surface area contributed by atoms with Crippen molar-refractivity contribution in [2.75, 3.05) is 26.3 Å². The third-order valence-corrected chi connectivity index (χ3v) is 6.97. The second-order valence-corrected chi connectivity index (χ2v) is 10.1. The average Bonchev–Trinajstić information content (AvgIpc) is 3.42. The Morgan fingerprint density at radius 2 is 1.76 bits per heavy atom. The number of rotatable bonds is 18. The van der Waals surface area contributed by atoms with E-state index in [1.54, 1.807) is 0 Å². The zero-order valence-electron chi connectivity index (χ0n) is 24.9. The van der Waals surface area contributed by atoms with Crippen LogP contribution in [0.25, 0.3) is 0 Å². The molecule has 0 aliphatic carbocycles. The molecule has 1 heterocycles. The van der Waals surface area contributed by atoms with Crippen LogP contribution in [0.4, 0.5) is 8.78 Å². The number of halogens is 2. The van der Waals surface area contributed by atoms with Gasteiger partial charge in [-0.2, -0.15) is 0 Å². The van der Waals surface area contributed by atoms with Crippen molar-refractivity contribution in [2.45, 2.75) is 90.1 Å². The highest BCUT2D eigenvalue weighted by atomic mass is 19.1. The molecule has 0 saturated carbocycles. The molecule has 1 aliphatic heterocycles. The summed E-state index contributed by atoms with van der Waals surface area (Å²) >= 11 is 0. The van der Waals surface area contributed by atoms with Gasteiger partial charge in [-0.15, -0.1) is 12.8 Å². The highest BCUT2D eigenvalue weighted by Gasteiger charge is 2.35. The Labute approximate surface area is 245 Å². The van der Waals surface area contributed by atoms with Crippen molar-refractivity contribution in [1.82, 2.24) is 10.6 Å². The van der Waals surface area contributed by atoms with E-state index in [0.29, 0.717) is 38.2 Å². The molecule has 2 unspecified atom stereocenters. The molecule has 8 heteroatoms. The maximum absolute atomic E-state index is 13.8. The van der Waals surface area contributed by atoms with Crippen LogP contribution in [0.1, 0.15) is 71.3 Å². The number of unbranched alkanes of at least 4 members (excludes halogenated alkanes) is 1. The third kappa shape index (κ3) is 13.6. The zero-order valence-corrected chi connectivity index (χ0v) is 24.9. The van der Waals surface area contributed by atoms with Gasteiger partial charge in [-0.1, -0.05) is 45.1 Å². The number of hydrogen-bond donors (Lipinski definition) is 3. The second kappa shape index (κ2) is 20.1. The summed E-state index contributed by atoms with van der Waals surface area (Å²) in [5.41, 5.74) is 2.51. The van der Waals surface area contributed by atoms with Gasteiger partial charge in [0.1, 0.15) is 11.6 Å². The average molecular weight is 575 g/mol. The fraction of sp³-hybridized carbons (Fsp3) is 0.545. The molecule has 0 aromatic heterocycles. The maximum atomic E-state index is 13.8. The summed E-state index contributed by atoms with van der Waals surface area (Å²) in [5.74, 6) is -2.26. The van der Waals surface area contributed by atoms with E-state index in [-0.39, 0.29) is 25.3 Å². The Bertz CT molecular complexity index is 995. The molecule has 1 fully saturated rings. The van der Waals surface area contributed by atoms with Crippen LogP contribution in [0.15, 0.2) is 54.2 Å². The van der Waals surface area contributed by atoms with Gasteiger partial charge in [0.2, 0.25) is 5.91 Å². The fourth-order valence-electron chi connectivity index (χ4n) is 4.71. The van der Waals surface area contributed by atoms with Gasteiger partial charge in [0.15, 0.2) is 5.79 Å². The van der Waals surface area contributed by atoms with Crippen molar-refractivity contribution in [3.05, 3.63) is 71.4 Å². The summed E-state index contributed by atoms with van der Waals surface area (Å²) < 4.78 is 39.4. The molecule has 0 spiro atoms. The molecule has 1 aromatic rings. The molecular weight excluding hydrogens is 526 g/mol. The van der Waals surface area contributed by atoms with E-state index in [0.717, 1.165) is 42.9 Å². The number of aliphatic hydroxyl groups excluding tert-OH is 1. The van der Waals surface area contributed by atoms with E-state index in [9.17, 15) is 18.7 Å². The van der Waals surface area contributed by atoms with Crippen LogP contribution in [0.5, 0.6) is 0 Å². The van der Waals surface area contributed by atoms with Gasteiger partial charge in [0.05, 0.1) is 25.4 Å². The van der Waals surface area contributed by atoms with Crippen LogP contribution in [0.2, 0.25) is 0 Å². The molecule has 1 amide bonds. The Morgan fingerprint density at radius 1 is 1.12 bits per heavy atom. The molecule has 2 rings (SSSR count). The van der Waals surface area contributed by atoms with Crippen LogP contribution >= 0.6 is 0 Å². The number of carbonyl (C=O) groups excluding carboxylic acids is 1. The van der Waals surface area contributed by atoms with Gasteiger partial charge < -0.3 is 25.2 Å². The highest BCUT2D eigenvalue weighted by Crippen LogP contribution is 2.31. The largest absolute Gasteiger partial charge is 0.390 e. The number of allylic oxidation sites excluding steroid dienone is 3.